The third-order valence-electron chi connectivity index (χ3n) is 14.9. The molecule has 0 aromatic carbocycles. The highest BCUT2D eigenvalue weighted by Crippen LogP contribution is 2.19. The van der Waals surface area contributed by atoms with E-state index in [1.165, 1.54) is 289 Å². The molecule has 6 heteroatoms. The largest absolute Gasteiger partial charge is 0.466 e. The zero-order valence-electron chi connectivity index (χ0n) is 46.4. The molecule has 0 heterocycles. The van der Waals surface area contributed by atoms with Crippen LogP contribution in [0.1, 0.15) is 361 Å². The van der Waals surface area contributed by atoms with Crippen LogP contribution in [-0.4, -0.2) is 47.4 Å². The molecule has 0 aliphatic carbocycles. The molecule has 0 aromatic rings. The molecule has 0 aliphatic rings. The van der Waals surface area contributed by atoms with E-state index in [0.29, 0.717) is 25.9 Å². The number of aliphatic hydroxyl groups excluding tert-OH is 2. The molecular weight excluding hydrogens is 839 g/mol. The summed E-state index contributed by atoms with van der Waals surface area (Å²) in [6.07, 6.45) is 68.4. The summed E-state index contributed by atoms with van der Waals surface area (Å²) in [6.45, 7) is 4.97. The van der Waals surface area contributed by atoms with Crippen LogP contribution in [0.5, 0.6) is 0 Å². The van der Waals surface area contributed by atoms with E-state index in [2.05, 4.69) is 19.2 Å². The van der Waals surface area contributed by atoms with Gasteiger partial charge in [0.2, 0.25) is 5.91 Å². The van der Waals surface area contributed by atoms with Crippen molar-refractivity contribution in [2.45, 2.75) is 373 Å². The summed E-state index contributed by atoms with van der Waals surface area (Å²) >= 11 is 0. The predicted octanol–water partition coefficient (Wildman–Crippen LogP) is 19.5. The van der Waals surface area contributed by atoms with E-state index >= 15 is 0 Å². The van der Waals surface area contributed by atoms with E-state index < -0.39 is 12.1 Å². The lowest BCUT2D eigenvalue weighted by Crippen LogP contribution is -2.45. The summed E-state index contributed by atoms with van der Waals surface area (Å²) in [5.74, 6) is -0.0131. The minimum atomic E-state index is -0.660. The van der Waals surface area contributed by atoms with E-state index in [0.717, 1.165) is 38.5 Å². The van der Waals surface area contributed by atoms with Crippen molar-refractivity contribution in [3.8, 4) is 0 Å². The summed E-state index contributed by atoms with van der Waals surface area (Å²) in [6, 6.07) is -0.537. The van der Waals surface area contributed by atoms with Crippen molar-refractivity contribution >= 4 is 11.9 Å². The van der Waals surface area contributed by atoms with Crippen LogP contribution in [0.25, 0.3) is 0 Å². The minimum Gasteiger partial charge on any atom is -0.466 e. The zero-order chi connectivity index (χ0) is 49.3. The fraction of sp³-hybridized carbons (Fsp3) is 0.968. The molecule has 68 heavy (non-hydrogen) atoms. The number of ether oxygens (including phenoxy) is 1. The van der Waals surface area contributed by atoms with Crippen molar-refractivity contribution in [3.63, 3.8) is 0 Å². The predicted molar refractivity (Wildman–Crippen MR) is 297 cm³/mol. The van der Waals surface area contributed by atoms with Gasteiger partial charge in [-0.25, -0.2) is 0 Å². The Labute approximate surface area is 426 Å². The maximum atomic E-state index is 12.4. The Morgan fingerprint density at radius 2 is 0.603 bits per heavy atom. The SMILES string of the molecule is CCCCCCCCCCCCCCCCCCCC(=O)OCCCCCCCCCCCCCCCCCCCCCCCCCCC(=O)NC(CO)C(O)CCCCCCCCCCCC. The Balaban J connectivity index is 3.31. The zero-order valence-corrected chi connectivity index (χ0v) is 46.4. The van der Waals surface area contributed by atoms with E-state index in [1.54, 1.807) is 0 Å². The van der Waals surface area contributed by atoms with E-state index in [9.17, 15) is 19.8 Å². The summed E-state index contributed by atoms with van der Waals surface area (Å²) in [4.78, 5) is 24.5. The van der Waals surface area contributed by atoms with Gasteiger partial charge in [-0.3, -0.25) is 9.59 Å². The van der Waals surface area contributed by atoms with Gasteiger partial charge in [0.05, 0.1) is 25.4 Å². The van der Waals surface area contributed by atoms with Crippen molar-refractivity contribution in [2.75, 3.05) is 13.2 Å². The molecule has 0 bridgehead atoms. The van der Waals surface area contributed by atoms with Crippen molar-refractivity contribution in [3.05, 3.63) is 0 Å². The normalized spacial score (nSPS) is 12.5. The standard InChI is InChI=1S/C62H123NO5/c1-3-5-7-9-11-13-15-16-17-26-30-33-36-40-44-48-52-56-62(67)68-57-53-49-45-41-37-34-31-28-25-23-21-19-18-20-22-24-27-29-32-35-39-43-47-51-55-61(66)63-59(58-64)60(65)54-50-46-42-38-14-12-10-8-6-4-2/h59-60,64-65H,3-58H2,1-2H3,(H,63,66). The van der Waals surface area contributed by atoms with Crippen molar-refractivity contribution in [1.29, 1.82) is 0 Å². The maximum Gasteiger partial charge on any atom is 0.305 e. The highest BCUT2D eigenvalue weighted by atomic mass is 16.5. The second-order valence-corrected chi connectivity index (χ2v) is 21.8. The summed E-state index contributed by atoms with van der Waals surface area (Å²) in [7, 11) is 0. The molecule has 6 nitrogen and oxygen atoms in total. The van der Waals surface area contributed by atoms with Crippen molar-refractivity contribution < 1.29 is 24.5 Å². The smallest absolute Gasteiger partial charge is 0.305 e. The molecule has 2 unspecified atom stereocenters. The quantitative estimate of drug-likeness (QED) is 0.0417. The summed E-state index contributed by atoms with van der Waals surface area (Å²) in [5.41, 5.74) is 0. The number of amides is 1. The molecule has 0 spiro atoms. The second kappa shape index (κ2) is 58.4. The van der Waals surface area contributed by atoms with Gasteiger partial charge in [-0.05, 0) is 25.7 Å². The van der Waals surface area contributed by atoms with Gasteiger partial charge in [-0.15, -0.1) is 0 Å². The molecule has 0 fully saturated rings. The molecule has 406 valence electrons. The van der Waals surface area contributed by atoms with Gasteiger partial charge in [0.25, 0.3) is 0 Å². The van der Waals surface area contributed by atoms with Gasteiger partial charge in [0.1, 0.15) is 0 Å². The molecule has 1 amide bonds. The highest BCUT2D eigenvalue weighted by Gasteiger charge is 2.20. The first-order valence-corrected chi connectivity index (χ1v) is 31.3. The van der Waals surface area contributed by atoms with Gasteiger partial charge >= 0.3 is 5.97 Å². The third-order valence-corrected chi connectivity index (χ3v) is 14.9. The topological polar surface area (TPSA) is 95.9 Å². The summed E-state index contributed by atoms with van der Waals surface area (Å²) < 4.78 is 5.50. The lowest BCUT2D eigenvalue weighted by atomic mass is 10.0. The van der Waals surface area contributed by atoms with Crippen LogP contribution >= 0.6 is 0 Å². The Morgan fingerprint density at radius 3 is 0.897 bits per heavy atom. The number of esters is 1. The van der Waals surface area contributed by atoms with Gasteiger partial charge < -0.3 is 20.3 Å². The van der Waals surface area contributed by atoms with Crippen LogP contribution in [0, 0.1) is 0 Å². The Hall–Kier alpha value is -1.14. The molecule has 0 rings (SSSR count). The van der Waals surface area contributed by atoms with E-state index in [-0.39, 0.29) is 18.5 Å². The summed E-state index contributed by atoms with van der Waals surface area (Å²) in [5, 5.41) is 23.2. The highest BCUT2D eigenvalue weighted by molar-refractivity contribution is 5.76. The number of rotatable bonds is 59. The van der Waals surface area contributed by atoms with Gasteiger partial charge in [-0.2, -0.15) is 0 Å². The number of nitrogens with one attached hydrogen (secondary N) is 1. The second-order valence-electron chi connectivity index (χ2n) is 21.8. The number of carbonyl (C=O) groups is 2. The first-order valence-electron chi connectivity index (χ1n) is 31.3. The number of unbranched alkanes of at least 4 members (excludes halogenated alkanes) is 48. The molecule has 2 atom stereocenters. The van der Waals surface area contributed by atoms with Crippen molar-refractivity contribution in [1.82, 2.24) is 5.32 Å². The fourth-order valence-corrected chi connectivity index (χ4v) is 10.1. The lowest BCUT2D eigenvalue weighted by Gasteiger charge is -2.22. The number of hydrogen-bond acceptors (Lipinski definition) is 5. The van der Waals surface area contributed by atoms with Gasteiger partial charge in [0, 0.05) is 12.8 Å². The molecule has 0 aliphatic heterocycles. The maximum absolute atomic E-state index is 12.4. The fourth-order valence-electron chi connectivity index (χ4n) is 10.1. The van der Waals surface area contributed by atoms with Crippen LogP contribution in [0.4, 0.5) is 0 Å². The molecule has 0 radical (unpaired) electrons. The van der Waals surface area contributed by atoms with Crippen molar-refractivity contribution in [2.24, 2.45) is 0 Å². The van der Waals surface area contributed by atoms with Gasteiger partial charge in [-0.1, -0.05) is 322 Å². The molecule has 0 aromatic heterocycles. The Morgan fingerprint density at radius 1 is 0.353 bits per heavy atom. The monoisotopic (exact) mass is 962 g/mol. The lowest BCUT2D eigenvalue weighted by molar-refractivity contribution is -0.143. The Kier molecular flexibility index (Phi) is 57.5. The van der Waals surface area contributed by atoms with Gasteiger partial charge in [0.15, 0.2) is 0 Å². The van der Waals surface area contributed by atoms with Crippen LogP contribution in [0.15, 0.2) is 0 Å². The number of aliphatic hydroxyl groups is 2. The van der Waals surface area contributed by atoms with Crippen LogP contribution in [0.2, 0.25) is 0 Å². The first-order chi connectivity index (χ1) is 33.5. The Bertz CT molecular complexity index is 975. The van der Waals surface area contributed by atoms with Crippen LogP contribution < -0.4 is 5.32 Å². The molecule has 0 saturated heterocycles. The van der Waals surface area contributed by atoms with Crippen LogP contribution in [-0.2, 0) is 14.3 Å². The first kappa shape index (κ1) is 66.9. The third kappa shape index (κ3) is 54.2. The molecule has 0 saturated carbocycles. The van der Waals surface area contributed by atoms with E-state index in [4.69, 9.17) is 4.74 Å². The van der Waals surface area contributed by atoms with Crippen LogP contribution in [0.3, 0.4) is 0 Å². The molecular formula is C62H123NO5. The minimum absolute atomic E-state index is 0.0202. The average Bonchev–Trinajstić information content (AvgIpc) is 3.34. The number of hydrogen-bond donors (Lipinski definition) is 3. The average molecular weight is 963 g/mol. The van der Waals surface area contributed by atoms with E-state index in [1.807, 2.05) is 0 Å². The number of carbonyl (C=O) groups excluding carboxylic acids is 2. The molecule has 3 N–H and O–H groups in total.